The molecule has 2 fully saturated rings. The molecular weight excluding hydrogens is 264 g/mol. The first-order chi connectivity index (χ1) is 9.84. The SMILES string of the molecule is CC1(C)C2CCC1(C)C(OC(=O)Cc1ccccc1O)C2. The molecule has 2 aliphatic carbocycles. The van der Waals surface area contributed by atoms with Gasteiger partial charge in [-0.2, -0.15) is 0 Å². The second-order valence-corrected chi connectivity index (χ2v) is 7.39. The quantitative estimate of drug-likeness (QED) is 0.863. The number of phenols is 1. The zero-order valence-electron chi connectivity index (χ0n) is 13.1. The molecular formula is C18H24O3. The summed E-state index contributed by atoms with van der Waals surface area (Å²) in [6, 6.07) is 6.95. The molecule has 0 spiro atoms. The molecule has 1 N–H and O–H groups in total. The maximum atomic E-state index is 12.2. The van der Waals surface area contributed by atoms with E-state index in [4.69, 9.17) is 4.74 Å². The van der Waals surface area contributed by atoms with Gasteiger partial charge in [-0.25, -0.2) is 0 Å². The van der Waals surface area contributed by atoms with Crippen molar-refractivity contribution in [1.29, 1.82) is 0 Å². The van der Waals surface area contributed by atoms with Crippen LogP contribution in [0.4, 0.5) is 0 Å². The van der Waals surface area contributed by atoms with Crippen LogP contribution < -0.4 is 0 Å². The van der Waals surface area contributed by atoms with Gasteiger partial charge in [-0.05, 0) is 36.7 Å². The topological polar surface area (TPSA) is 46.5 Å². The summed E-state index contributed by atoms with van der Waals surface area (Å²) in [6.45, 7) is 6.88. The summed E-state index contributed by atoms with van der Waals surface area (Å²) in [7, 11) is 0. The fourth-order valence-electron chi connectivity index (χ4n) is 4.32. The minimum atomic E-state index is -0.230. The molecule has 2 saturated carbocycles. The number of esters is 1. The van der Waals surface area contributed by atoms with Crippen LogP contribution in [0.15, 0.2) is 24.3 Å². The average Bonchev–Trinajstić information content (AvgIpc) is 2.74. The van der Waals surface area contributed by atoms with Crippen LogP contribution in [0, 0.1) is 16.7 Å². The van der Waals surface area contributed by atoms with Crippen LogP contribution in [0.25, 0.3) is 0 Å². The first-order valence-electron chi connectivity index (χ1n) is 7.81. The van der Waals surface area contributed by atoms with Crippen molar-refractivity contribution < 1.29 is 14.6 Å². The summed E-state index contributed by atoms with van der Waals surface area (Å²) in [5.41, 5.74) is 0.967. The van der Waals surface area contributed by atoms with E-state index >= 15 is 0 Å². The fraction of sp³-hybridized carbons (Fsp3) is 0.611. The normalized spacial score (nSPS) is 33.1. The Labute approximate surface area is 126 Å². The fourth-order valence-corrected chi connectivity index (χ4v) is 4.32. The molecule has 0 aliphatic heterocycles. The van der Waals surface area contributed by atoms with Gasteiger partial charge in [0.2, 0.25) is 0 Å². The smallest absolute Gasteiger partial charge is 0.310 e. The number of hydrogen-bond acceptors (Lipinski definition) is 3. The van der Waals surface area contributed by atoms with E-state index in [0.29, 0.717) is 11.5 Å². The summed E-state index contributed by atoms with van der Waals surface area (Å²) < 4.78 is 5.79. The molecule has 0 heterocycles. The third kappa shape index (κ3) is 2.14. The molecule has 0 amide bonds. The number of aromatic hydroxyl groups is 1. The summed E-state index contributed by atoms with van der Waals surface area (Å²) in [6.07, 6.45) is 3.53. The third-order valence-corrected chi connectivity index (χ3v) is 6.31. The van der Waals surface area contributed by atoms with Crippen molar-refractivity contribution in [2.75, 3.05) is 0 Å². The first-order valence-corrected chi connectivity index (χ1v) is 7.81. The van der Waals surface area contributed by atoms with E-state index in [-0.39, 0.29) is 35.1 Å². The predicted octanol–water partition coefficient (Wildman–Crippen LogP) is 3.69. The van der Waals surface area contributed by atoms with Crippen molar-refractivity contribution in [3.8, 4) is 5.75 Å². The number of carbonyl (C=O) groups excluding carboxylic acids is 1. The van der Waals surface area contributed by atoms with Gasteiger partial charge < -0.3 is 9.84 Å². The lowest BCUT2D eigenvalue weighted by atomic mass is 9.70. The van der Waals surface area contributed by atoms with E-state index < -0.39 is 0 Å². The number of phenolic OH excluding ortho intramolecular Hbond substituents is 1. The highest BCUT2D eigenvalue weighted by Crippen LogP contribution is 2.66. The van der Waals surface area contributed by atoms with Crippen LogP contribution >= 0.6 is 0 Å². The number of ether oxygens (including phenoxy) is 1. The highest BCUT2D eigenvalue weighted by molar-refractivity contribution is 5.73. The zero-order chi connectivity index (χ0) is 15.3. The lowest BCUT2D eigenvalue weighted by molar-refractivity contribution is -0.156. The van der Waals surface area contributed by atoms with E-state index in [1.165, 1.54) is 6.42 Å². The predicted molar refractivity (Wildman–Crippen MR) is 80.9 cm³/mol. The number of benzene rings is 1. The number of rotatable bonds is 3. The zero-order valence-corrected chi connectivity index (χ0v) is 13.1. The molecule has 21 heavy (non-hydrogen) atoms. The largest absolute Gasteiger partial charge is 0.508 e. The summed E-state index contributed by atoms with van der Waals surface area (Å²) >= 11 is 0. The van der Waals surface area contributed by atoms with E-state index in [1.54, 1.807) is 18.2 Å². The van der Waals surface area contributed by atoms with Crippen LogP contribution in [0.3, 0.4) is 0 Å². The number of hydrogen-bond donors (Lipinski definition) is 1. The van der Waals surface area contributed by atoms with Crippen LogP contribution in [0.1, 0.15) is 45.6 Å². The Balaban J connectivity index is 1.68. The summed E-state index contributed by atoms with van der Waals surface area (Å²) in [4.78, 5) is 12.2. The number of fused-ring (bicyclic) bond motifs is 2. The van der Waals surface area contributed by atoms with E-state index in [0.717, 1.165) is 12.8 Å². The molecule has 3 nitrogen and oxygen atoms in total. The molecule has 0 radical (unpaired) electrons. The van der Waals surface area contributed by atoms with Crippen LogP contribution in [0.2, 0.25) is 0 Å². The molecule has 1 aromatic rings. The molecule has 3 unspecified atom stereocenters. The van der Waals surface area contributed by atoms with Crippen LogP contribution in [0.5, 0.6) is 5.75 Å². The molecule has 2 aliphatic rings. The molecule has 1 aromatic carbocycles. The molecule has 2 bridgehead atoms. The van der Waals surface area contributed by atoms with Gasteiger partial charge in [-0.1, -0.05) is 39.0 Å². The van der Waals surface area contributed by atoms with Crippen molar-refractivity contribution in [2.24, 2.45) is 16.7 Å². The molecule has 3 atom stereocenters. The molecule has 0 saturated heterocycles. The minimum absolute atomic E-state index is 0.0182. The van der Waals surface area contributed by atoms with Crippen LogP contribution in [-0.2, 0) is 16.0 Å². The monoisotopic (exact) mass is 288 g/mol. The van der Waals surface area contributed by atoms with Crippen molar-refractivity contribution in [3.63, 3.8) is 0 Å². The van der Waals surface area contributed by atoms with E-state index in [2.05, 4.69) is 20.8 Å². The standard InChI is InChI=1S/C18H24O3/c1-17(2)13-8-9-18(17,3)15(11-13)21-16(20)10-12-6-4-5-7-14(12)19/h4-7,13,15,19H,8-11H2,1-3H3. The van der Waals surface area contributed by atoms with Crippen molar-refractivity contribution in [2.45, 2.75) is 52.6 Å². The summed E-state index contributed by atoms with van der Waals surface area (Å²) in [5, 5.41) is 9.75. The Hall–Kier alpha value is -1.51. The van der Waals surface area contributed by atoms with Gasteiger partial charge in [-0.3, -0.25) is 4.79 Å². The minimum Gasteiger partial charge on any atom is -0.508 e. The molecule has 0 aromatic heterocycles. The van der Waals surface area contributed by atoms with Gasteiger partial charge in [0.1, 0.15) is 11.9 Å². The number of para-hydroxylation sites is 1. The molecule has 114 valence electrons. The van der Waals surface area contributed by atoms with Gasteiger partial charge in [0, 0.05) is 11.0 Å². The lowest BCUT2D eigenvalue weighted by Gasteiger charge is -2.38. The Morgan fingerprint density at radius 1 is 1.33 bits per heavy atom. The van der Waals surface area contributed by atoms with Crippen molar-refractivity contribution >= 4 is 5.97 Å². The van der Waals surface area contributed by atoms with Gasteiger partial charge in [0.25, 0.3) is 0 Å². The molecule has 3 heteroatoms. The Morgan fingerprint density at radius 2 is 2.05 bits per heavy atom. The second-order valence-electron chi connectivity index (χ2n) is 7.39. The maximum absolute atomic E-state index is 12.2. The Kier molecular flexibility index (Phi) is 3.27. The average molecular weight is 288 g/mol. The van der Waals surface area contributed by atoms with Gasteiger partial charge in [-0.15, -0.1) is 0 Å². The van der Waals surface area contributed by atoms with Crippen LogP contribution in [-0.4, -0.2) is 17.2 Å². The van der Waals surface area contributed by atoms with Gasteiger partial charge in [0.05, 0.1) is 6.42 Å². The van der Waals surface area contributed by atoms with Crippen molar-refractivity contribution in [3.05, 3.63) is 29.8 Å². The first kappa shape index (κ1) is 14.4. The highest BCUT2D eigenvalue weighted by atomic mass is 16.5. The highest BCUT2D eigenvalue weighted by Gasteiger charge is 2.62. The van der Waals surface area contributed by atoms with E-state index in [9.17, 15) is 9.90 Å². The number of carbonyl (C=O) groups is 1. The summed E-state index contributed by atoms with van der Waals surface area (Å²) in [5.74, 6) is 0.588. The van der Waals surface area contributed by atoms with Crippen molar-refractivity contribution in [1.82, 2.24) is 0 Å². The Morgan fingerprint density at radius 3 is 2.62 bits per heavy atom. The maximum Gasteiger partial charge on any atom is 0.310 e. The second kappa shape index (κ2) is 4.75. The van der Waals surface area contributed by atoms with E-state index in [1.807, 2.05) is 6.07 Å². The third-order valence-electron chi connectivity index (χ3n) is 6.31. The van der Waals surface area contributed by atoms with Gasteiger partial charge in [0.15, 0.2) is 0 Å². The van der Waals surface area contributed by atoms with Gasteiger partial charge >= 0.3 is 5.97 Å². The lowest BCUT2D eigenvalue weighted by Crippen LogP contribution is -2.38. The Bertz CT molecular complexity index is 563. The molecule has 3 rings (SSSR count).